The molecule has 0 aromatic heterocycles. The van der Waals surface area contributed by atoms with Crippen LogP contribution in [0.5, 0.6) is 0 Å². The van der Waals surface area contributed by atoms with Gasteiger partial charge in [-0.25, -0.2) is 0 Å². The Morgan fingerprint density at radius 2 is 2.00 bits per heavy atom. The molecule has 0 bridgehead atoms. The number of nitrogens with one attached hydrogen (secondary N) is 1. The summed E-state index contributed by atoms with van der Waals surface area (Å²) >= 11 is 0. The van der Waals surface area contributed by atoms with E-state index in [-0.39, 0.29) is 5.91 Å². The van der Waals surface area contributed by atoms with Gasteiger partial charge in [0.15, 0.2) is 0 Å². The Bertz CT molecular complexity index is 527. The average Bonchev–Trinajstić information content (AvgIpc) is 2.48. The summed E-state index contributed by atoms with van der Waals surface area (Å²) in [5.74, 6) is -0.465. The van der Waals surface area contributed by atoms with Crippen LogP contribution in [0.4, 0.5) is 11.4 Å². The Labute approximate surface area is 123 Å². The van der Waals surface area contributed by atoms with Gasteiger partial charge in [0.1, 0.15) is 0 Å². The minimum atomic E-state index is -0.531. The number of primary amides is 1. The summed E-state index contributed by atoms with van der Waals surface area (Å²) in [6.07, 6.45) is 0.340. The number of nitrogens with zero attached hydrogens (tertiary/aromatic N) is 1. The maximum absolute atomic E-state index is 12.0. The Kier molecular flexibility index (Phi) is 4.99. The van der Waals surface area contributed by atoms with Gasteiger partial charge in [0, 0.05) is 37.4 Å². The van der Waals surface area contributed by atoms with Crippen molar-refractivity contribution in [2.45, 2.75) is 6.42 Å². The third kappa shape index (κ3) is 4.09. The molecule has 1 aliphatic heterocycles. The predicted octanol–water partition coefficient (Wildman–Crippen LogP) is 0.0285. The number of morpholine rings is 1. The molecule has 1 aromatic rings. The van der Waals surface area contributed by atoms with Crippen molar-refractivity contribution in [3.63, 3.8) is 0 Å². The number of ether oxygens (including phenoxy) is 1. The molecule has 0 saturated carbocycles. The zero-order chi connectivity index (χ0) is 15.2. The van der Waals surface area contributed by atoms with Crippen molar-refractivity contribution >= 4 is 23.2 Å². The monoisotopic (exact) mass is 292 g/mol. The van der Waals surface area contributed by atoms with Crippen molar-refractivity contribution in [1.82, 2.24) is 4.90 Å². The van der Waals surface area contributed by atoms with Gasteiger partial charge in [-0.3, -0.25) is 9.59 Å². The molecule has 7 nitrogen and oxygen atoms in total. The second-order valence-corrected chi connectivity index (χ2v) is 4.84. The molecule has 0 unspecified atom stereocenters. The van der Waals surface area contributed by atoms with E-state index in [2.05, 4.69) is 5.32 Å². The van der Waals surface area contributed by atoms with E-state index < -0.39 is 5.91 Å². The van der Waals surface area contributed by atoms with Gasteiger partial charge in [0.25, 0.3) is 5.91 Å². The summed E-state index contributed by atoms with van der Waals surface area (Å²) in [4.78, 5) is 25.1. The lowest BCUT2D eigenvalue weighted by Crippen LogP contribution is -2.41. The van der Waals surface area contributed by atoms with Gasteiger partial charge in [-0.1, -0.05) is 0 Å². The number of nitrogen functional groups attached to an aromatic ring is 1. The summed E-state index contributed by atoms with van der Waals surface area (Å²) < 4.78 is 5.20. The van der Waals surface area contributed by atoms with Crippen LogP contribution in [0.1, 0.15) is 16.8 Å². The van der Waals surface area contributed by atoms with E-state index in [0.29, 0.717) is 56.2 Å². The summed E-state index contributed by atoms with van der Waals surface area (Å²) in [5, 5.41) is 3.05. The zero-order valence-electron chi connectivity index (χ0n) is 11.8. The predicted molar refractivity (Wildman–Crippen MR) is 79.9 cm³/mol. The third-order valence-electron chi connectivity index (χ3n) is 3.33. The van der Waals surface area contributed by atoms with E-state index in [9.17, 15) is 9.59 Å². The minimum absolute atomic E-state index is 0.0651. The third-order valence-corrected chi connectivity index (χ3v) is 3.33. The first-order valence-corrected chi connectivity index (χ1v) is 6.86. The van der Waals surface area contributed by atoms with Crippen LogP contribution in [0.25, 0.3) is 0 Å². The average molecular weight is 292 g/mol. The van der Waals surface area contributed by atoms with Crippen LogP contribution in [0.2, 0.25) is 0 Å². The van der Waals surface area contributed by atoms with Crippen LogP contribution >= 0.6 is 0 Å². The van der Waals surface area contributed by atoms with Crippen molar-refractivity contribution in [3.8, 4) is 0 Å². The summed E-state index contributed by atoms with van der Waals surface area (Å²) in [5.41, 5.74) is 12.4. The molecule has 1 aromatic carbocycles. The number of carbonyl (C=O) groups excluding carboxylic acids is 2. The maximum atomic E-state index is 12.0. The smallest absolute Gasteiger partial charge is 0.250 e. The fraction of sp³-hybridized carbons (Fsp3) is 0.429. The highest BCUT2D eigenvalue weighted by molar-refractivity contribution is 5.99. The first-order chi connectivity index (χ1) is 10.1. The molecule has 0 spiro atoms. The minimum Gasteiger partial charge on any atom is -0.399 e. The van der Waals surface area contributed by atoms with Gasteiger partial charge in [-0.2, -0.15) is 0 Å². The molecule has 1 aliphatic rings. The van der Waals surface area contributed by atoms with Crippen molar-refractivity contribution in [2.24, 2.45) is 5.73 Å². The number of rotatable bonds is 5. The van der Waals surface area contributed by atoms with Crippen LogP contribution in [-0.4, -0.2) is 49.6 Å². The number of hydrogen-bond acceptors (Lipinski definition) is 5. The lowest BCUT2D eigenvalue weighted by molar-refractivity contribution is -0.134. The lowest BCUT2D eigenvalue weighted by atomic mass is 10.1. The molecule has 114 valence electrons. The van der Waals surface area contributed by atoms with E-state index in [1.54, 1.807) is 23.1 Å². The van der Waals surface area contributed by atoms with Crippen molar-refractivity contribution in [3.05, 3.63) is 23.8 Å². The Hall–Kier alpha value is -2.28. The molecule has 7 heteroatoms. The van der Waals surface area contributed by atoms with Crippen LogP contribution in [0, 0.1) is 0 Å². The molecule has 2 rings (SSSR count). The number of anilines is 2. The SMILES string of the molecule is NC(=O)c1ccc(N)cc1NCCC(=O)N1CCOCC1. The first kappa shape index (κ1) is 15.1. The van der Waals surface area contributed by atoms with Gasteiger partial charge in [-0.05, 0) is 18.2 Å². The molecule has 2 amide bonds. The van der Waals surface area contributed by atoms with Crippen molar-refractivity contribution < 1.29 is 14.3 Å². The number of benzene rings is 1. The Morgan fingerprint density at radius 3 is 2.67 bits per heavy atom. The van der Waals surface area contributed by atoms with E-state index in [0.717, 1.165) is 0 Å². The van der Waals surface area contributed by atoms with Crippen LogP contribution in [0.3, 0.4) is 0 Å². The molecule has 0 atom stereocenters. The van der Waals surface area contributed by atoms with Gasteiger partial charge in [0.05, 0.1) is 18.8 Å². The quantitative estimate of drug-likeness (QED) is 0.663. The Morgan fingerprint density at radius 1 is 1.29 bits per heavy atom. The van der Waals surface area contributed by atoms with Gasteiger partial charge >= 0.3 is 0 Å². The van der Waals surface area contributed by atoms with E-state index in [1.807, 2.05) is 0 Å². The fourth-order valence-electron chi connectivity index (χ4n) is 2.20. The number of nitrogens with two attached hydrogens (primary N) is 2. The van der Waals surface area contributed by atoms with E-state index in [1.165, 1.54) is 0 Å². The van der Waals surface area contributed by atoms with Crippen molar-refractivity contribution in [1.29, 1.82) is 0 Å². The highest BCUT2D eigenvalue weighted by Gasteiger charge is 2.16. The molecule has 1 fully saturated rings. The second-order valence-electron chi connectivity index (χ2n) is 4.84. The van der Waals surface area contributed by atoms with E-state index in [4.69, 9.17) is 16.2 Å². The standard InChI is InChI=1S/C14H20N4O3/c15-10-1-2-11(14(16)20)12(9-10)17-4-3-13(19)18-5-7-21-8-6-18/h1-2,9,17H,3-8,15H2,(H2,16,20). The van der Waals surface area contributed by atoms with Gasteiger partial charge in [-0.15, -0.1) is 0 Å². The topological polar surface area (TPSA) is 111 Å². The van der Waals surface area contributed by atoms with Gasteiger partial charge in [0.2, 0.25) is 5.91 Å². The summed E-state index contributed by atoms with van der Waals surface area (Å²) in [6.45, 7) is 2.84. The zero-order valence-corrected chi connectivity index (χ0v) is 11.8. The summed E-state index contributed by atoms with van der Waals surface area (Å²) in [7, 11) is 0. The van der Waals surface area contributed by atoms with Gasteiger partial charge < -0.3 is 26.4 Å². The second kappa shape index (κ2) is 6.94. The molecule has 1 saturated heterocycles. The number of amides is 2. The molecule has 0 aliphatic carbocycles. The number of hydrogen-bond donors (Lipinski definition) is 3. The molecule has 1 heterocycles. The number of carbonyl (C=O) groups is 2. The lowest BCUT2D eigenvalue weighted by Gasteiger charge is -2.27. The largest absolute Gasteiger partial charge is 0.399 e. The van der Waals surface area contributed by atoms with Crippen LogP contribution in [-0.2, 0) is 9.53 Å². The van der Waals surface area contributed by atoms with Crippen LogP contribution < -0.4 is 16.8 Å². The van der Waals surface area contributed by atoms with Crippen molar-refractivity contribution in [2.75, 3.05) is 43.9 Å². The summed E-state index contributed by atoms with van der Waals surface area (Å²) in [6, 6.07) is 4.83. The Balaban J connectivity index is 1.89. The van der Waals surface area contributed by atoms with E-state index >= 15 is 0 Å². The molecular weight excluding hydrogens is 272 g/mol. The first-order valence-electron chi connectivity index (χ1n) is 6.86. The molecule has 0 radical (unpaired) electrons. The highest BCUT2D eigenvalue weighted by atomic mass is 16.5. The highest BCUT2D eigenvalue weighted by Crippen LogP contribution is 2.18. The normalized spacial score (nSPS) is 14.8. The maximum Gasteiger partial charge on any atom is 0.250 e. The molecule has 5 N–H and O–H groups in total. The fourth-order valence-corrected chi connectivity index (χ4v) is 2.20. The van der Waals surface area contributed by atoms with Crippen LogP contribution in [0.15, 0.2) is 18.2 Å². The molecular formula is C14H20N4O3. The molecule has 21 heavy (non-hydrogen) atoms.